The molecule has 0 aliphatic rings. The second-order valence-corrected chi connectivity index (χ2v) is 5.60. The van der Waals surface area contributed by atoms with Crippen LogP contribution >= 0.6 is 23.2 Å². The first-order chi connectivity index (χ1) is 8.99. The predicted octanol–water partition coefficient (Wildman–Crippen LogP) is 4.89. The Morgan fingerprint density at radius 2 is 1.68 bits per heavy atom. The minimum atomic E-state index is -0.621. The van der Waals surface area contributed by atoms with Crippen LogP contribution in [-0.4, -0.2) is 5.11 Å². The van der Waals surface area contributed by atoms with Crippen molar-refractivity contribution in [2.24, 2.45) is 0 Å². The maximum atomic E-state index is 10.4. The lowest BCUT2D eigenvalue weighted by atomic mass is 9.94. The van der Waals surface area contributed by atoms with Gasteiger partial charge < -0.3 is 5.11 Å². The monoisotopic (exact) mass is 294 g/mol. The van der Waals surface area contributed by atoms with Crippen LogP contribution in [0.4, 0.5) is 0 Å². The molecule has 0 bridgehead atoms. The maximum Gasteiger partial charge on any atom is 0.0844 e. The normalized spacial score (nSPS) is 12.5. The number of rotatable bonds is 3. The van der Waals surface area contributed by atoms with Crippen LogP contribution in [0.2, 0.25) is 10.0 Å². The van der Waals surface area contributed by atoms with Gasteiger partial charge in [0.05, 0.1) is 6.10 Å². The Labute approximate surface area is 123 Å². The average molecular weight is 295 g/mol. The first-order valence-electron chi connectivity index (χ1n) is 6.17. The van der Waals surface area contributed by atoms with E-state index < -0.39 is 6.10 Å². The molecule has 0 fully saturated rings. The molecule has 1 unspecified atom stereocenters. The fourth-order valence-corrected chi connectivity index (χ4v) is 2.78. The highest BCUT2D eigenvalue weighted by Gasteiger charge is 2.15. The quantitative estimate of drug-likeness (QED) is 0.855. The first kappa shape index (κ1) is 14.4. The Morgan fingerprint density at radius 3 is 2.26 bits per heavy atom. The molecule has 1 nitrogen and oxygen atoms in total. The van der Waals surface area contributed by atoms with E-state index in [1.165, 1.54) is 16.7 Å². The fraction of sp³-hybridized carbons (Fsp3) is 0.250. The van der Waals surface area contributed by atoms with Crippen LogP contribution in [0.1, 0.15) is 28.4 Å². The molecule has 1 N–H and O–H groups in total. The topological polar surface area (TPSA) is 20.2 Å². The zero-order valence-corrected chi connectivity index (χ0v) is 12.5. The summed E-state index contributed by atoms with van der Waals surface area (Å²) in [6, 6.07) is 11.3. The predicted molar refractivity (Wildman–Crippen MR) is 81.0 cm³/mol. The fourth-order valence-electron chi connectivity index (χ4n) is 2.25. The SMILES string of the molecule is Cc1cccc(C)c1CC(O)c1ccc(Cl)cc1Cl. The molecule has 0 saturated heterocycles. The summed E-state index contributed by atoms with van der Waals surface area (Å²) in [4.78, 5) is 0. The zero-order valence-electron chi connectivity index (χ0n) is 11.0. The van der Waals surface area contributed by atoms with Gasteiger partial charge in [-0.25, -0.2) is 0 Å². The largest absolute Gasteiger partial charge is 0.388 e. The van der Waals surface area contributed by atoms with Gasteiger partial charge in [-0.05, 0) is 48.2 Å². The Kier molecular flexibility index (Phi) is 4.51. The van der Waals surface area contributed by atoms with Crippen LogP contribution in [0.5, 0.6) is 0 Å². The molecular formula is C16H16Cl2O. The molecule has 0 heterocycles. The van der Waals surface area contributed by atoms with Crippen molar-refractivity contribution in [1.29, 1.82) is 0 Å². The molecule has 19 heavy (non-hydrogen) atoms. The molecule has 1 atom stereocenters. The van der Waals surface area contributed by atoms with Crippen molar-refractivity contribution >= 4 is 23.2 Å². The van der Waals surface area contributed by atoms with Crippen molar-refractivity contribution in [2.45, 2.75) is 26.4 Å². The third-order valence-corrected chi connectivity index (χ3v) is 3.93. The third-order valence-electron chi connectivity index (χ3n) is 3.36. The number of hydrogen-bond acceptors (Lipinski definition) is 1. The number of aliphatic hydroxyl groups is 1. The van der Waals surface area contributed by atoms with Crippen molar-refractivity contribution in [2.75, 3.05) is 0 Å². The lowest BCUT2D eigenvalue weighted by Crippen LogP contribution is -2.05. The third kappa shape index (κ3) is 3.30. The molecule has 0 aromatic heterocycles. The zero-order chi connectivity index (χ0) is 14.0. The number of hydrogen-bond donors (Lipinski definition) is 1. The summed E-state index contributed by atoms with van der Waals surface area (Å²) in [7, 11) is 0. The highest BCUT2D eigenvalue weighted by atomic mass is 35.5. The van der Waals surface area contributed by atoms with Crippen LogP contribution in [-0.2, 0) is 6.42 Å². The molecule has 2 aromatic rings. The number of aliphatic hydroxyl groups excluding tert-OH is 1. The average Bonchev–Trinajstić information content (AvgIpc) is 2.33. The second-order valence-electron chi connectivity index (χ2n) is 4.76. The molecule has 2 aromatic carbocycles. The summed E-state index contributed by atoms with van der Waals surface area (Å²) >= 11 is 12.0. The van der Waals surface area contributed by atoms with Crippen LogP contribution < -0.4 is 0 Å². The van der Waals surface area contributed by atoms with E-state index in [-0.39, 0.29) is 0 Å². The van der Waals surface area contributed by atoms with Gasteiger partial charge in [0, 0.05) is 16.5 Å². The van der Waals surface area contributed by atoms with Crippen LogP contribution in [0.25, 0.3) is 0 Å². The van der Waals surface area contributed by atoms with Crippen LogP contribution in [0.15, 0.2) is 36.4 Å². The molecule has 0 amide bonds. The van der Waals surface area contributed by atoms with Crippen molar-refractivity contribution < 1.29 is 5.11 Å². The lowest BCUT2D eigenvalue weighted by molar-refractivity contribution is 0.178. The number of aryl methyl sites for hydroxylation is 2. The summed E-state index contributed by atoms with van der Waals surface area (Å²) < 4.78 is 0. The Bertz CT molecular complexity index is 573. The number of benzene rings is 2. The Morgan fingerprint density at radius 1 is 1.05 bits per heavy atom. The van der Waals surface area contributed by atoms with E-state index in [0.29, 0.717) is 22.0 Å². The van der Waals surface area contributed by atoms with Crippen molar-refractivity contribution in [3.05, 3.63) is 68.7 Å². The van der Waals surface area contributed by atoms with Gasteiger partial charge in [-0.15, -0.1) is 0 Å². The summed E-state index contributed by atoms with van der Waals surface area (Å²) in [5.41, 5.74) is 4.25. The smallest absolute Gasteiger partial charge is 0.0844 e. The minimum absolute atomic E-state index is 0.506. The molecular weight excluding hydrogens is 279 g/mol. The van der Waals surface area contributed by atoms with Gasteiger partial charge in [-0.3, -0.25) is 0 Å². The molecule has 0 spiro atoms. The summed E-state index contributed by atoms with van der Waals surface area (Å²) in [5.74, 6) is 0. The Hall–Kier alpha value is -1.02. The lowest BCUT2D eigenvalue weighted by Gasteiger charge is -2.16. The first-order valence-corrected chi connectivity index (χ1v) is 6.92. The molecule has 2 rings (SSSR count). The Balaban J connectivity index is 2.28. The maximum absolute atomic E-state index is 10.4. The van der Waals surface area contributed by atoms with E-state index in [4.69, 9.17) is 23.2 Å². The molecule has 3 heteroatoms. The number of halogens is 2. The van der Waals surface area contributed by atoms with E-state index in [0.717, 1.165) is 0 Å². The van der Waals surface area contributed by atoms with Gasteiger partial charge in [-0.1, -0.05) is 47.5 Å². The van der Waals surface area contributed by atoms with Crippen LogP contribution in [0, 0.1) is 13.8 Å². The highest BCUT2D eigenvalue weighted by molar-refractivity contribution is 6.35. The van der Waals surface area contributed by atoms with Gasteiger partial charge >= 0.3 is 0 Å². The summed E-state index contributed by atoms with van der Waals surface area (Å²) in [5, 5.41) is 11.4. The minimum Gasteiger partial charge on any atom is -0.388 e. The van der Waals surface area contributed by atoms with E-state index >= 15 is 0 Å². The van der Waals surface area contributed by atoms with Gasteiger partial charge in [-0.2, -0.15) is 0 Å². The highest BCUT2D eigenvalue weighted by Crippen LogP contribution is 2.29. The van der Waals surface area contributed by atoms with E-state index in [9.17, 15) is 5.11 Å². The van der Waals surface area contributed by atoms with Gasteiger partial charge in [0.2, 0.25) is 0 Å². The van der Waals surface area contributed by atoms with Gasteiger partial charge in [0.1, 0.15) is 0 Å². The molecule has 0 saturated carbocycles. The van der Waals surface area contributed by atoms with Crippen molar-refractivity contribution in [3.8, 4) is 0 Å². The molecule has 100 valence electrons. The summed E-state index contributed by atoms with van der Waals surface area (Å²) in [6.45, 7) is 4.11. The van der Waals surface area contributed by atoms with Gasteiger partial charge in [0.25, 0.3) is 0 Å². The van der Waals surface area contributed by atoms with E-state index in [1.54, 1.807) is 18.2 Å². The molecule has 0 aliphatic carbocycles. The van der Waals surface area contributed by atoms with Gasteiger partial charge in [0.15, 0.2) is 0 Å². The van der Waals surface area contributed by atoms with Crippen molar-refractivity contribution in [3.63, 3.8) is 0 Å². The van der Waals surface area contributed by atoms with E-state index in [2.05, 4.69) is 26.0 Å². The standard InChI is InChI=1S/C16H16Cl2O/c1-10-4-3-5-11(2)14(10)9-16(19)13-7-6-12(17)8-15(13)18/h3-8,16,19H,9H2,1-2H3. The van der Waals surface area contributed by atoms with Crippen molar-refractivity contribution in [1.82, 2.24) is 0 Å². The van der Waals surface area contributed by atoms with E-state index in [1.807, 2.05) is 6.07 Å². The van der Waals surface area contributed by atoms with Crippen LogP contribution in [0.3, 0.4) is 0 Å². The molecule has 0 radical (unpaired) electrons. The molecule has 0 aliphatic heterocycles. The summed E-state index contributed by atoms with van der Waals surface area (Å²) in [6.07, 6.45) is -0.0654. The second kappa shape index (κ2) is 5.96.